The van der Waals surface area contributed by atoms with Crippen molar-refractivity contribution in [2.75, 3.05) is 6.61 Å². The predicted octanol–water partition coefficient (Wildman–Crippen LogP) is 1.57. The SMILES string of the molecule is [C]1COc2sccc21. The molecular weight excluding hydrogens is 120 g/mol. The van der Waals surface area contributed by atoms with E-state index in [0.717, 1.165) is 10.6 Å². The summed E-state index contributed by atoms with van der Waals surface area (Å²) in [7, 11) is 0. The second-order valence-electron chi connectivity index (χ2n) is 1.59. The maximum atomic E-state index is 5.15. The molecule has 1 aliphatic heterocycles. The Labute approximate surface area is 51.9 Å². The molecule has 0 aromatic carbocycles. The Hall–Kier alpha value is -0.500. The number of fused-ring (bicyclic) bond motifs is 1. The van der Waals surface area contributed by atoms with Crippen molar-refractivity contribution in [2.24, 2.45) is 0 Å². The molecule has 0 spiro atoms. The van der Waals surface area contributed by atoms with Crippen LogP contribution in [0, 0.1) is 6.42 Å². The van der Waals surface area contributed by atoms with Crippen LogP contribution >= 0.6 is 11.3 Å². The molecule has 2 heterocycles. The van der Waals surface area contributed by atoms with Gasteiger partial charge in [0.15, 0.2) is 5.06 Å². The smallest absolute Gasteiger partial charge is 0.177 e. The van der Waals surface area contributed by atoms with Gasteiger partial charge in [0.2, 0.25) is 0 Å². The van der Waals surface area contributed by atoms with Gasteiger partial charge in [-0.05, 0) is 11.4 Å². The summed E-state index contributed by atoms with van der Waals surface area (Å²) in [5, 5.41) is 3.03. The Kier molecular flexibility index (Phi) is 0.815. The first kappa shape index (κ1) is 4.39. The minimum absolute atomic E-state index is 0.641. The van der Waals surface area contributed by atoms with Crippen LogP contribution in [0.15, 0.2) is 11.4 Å². The molecule has 0 saturated heterocycles. The van der Waals surface area contributed by atoms with Crippen molar-refractivity contribution in [1.29, 1.82) is 0 Å². The summed E-state index contributed by atoms with van der Waals surface area (Å²) in [5.41, 5.74) is 1.13. The van der Waals surface area contributed by atoms with Crippen LogP contribution in [0.1, 0.15) is 5.56 Å². The van der Waals surface area contributed by atoms with Crippen LogP contribution in [0.25, 0.3) is 0 Å². The largest absolute Gasteiger partial charge is 0.483 e. The van der Waals surface area contributed by atoms with Gasteiger partial charge in [-0.3, -0.25) is 0 Å². The average Bonchev–Trinajstić information content (AvgIpc) is 2.15. The van der Waals surface area contributed by atoms with E-state index in [1.54, 1.807) is 11.3 Å². The van der Waals surface area contributed by atoms with Gasteiger partial charge in [0.05, 0.1) is 6.42 Å². The minimum Gasteiger partial charge on any atom is -0.483 e. The van der Waals surface area contributed by atoms with Gasteiger partial charge in [-0.25, -0.2) is 0 Å². The Bertz CT molecular complexity index is 174. The van der Waals surface area contributed by atoms with Crippen molar-refractivity contribution >= 4 is 11.3 Å². The molecule has 0 saturated carbocycles. The van der Waals surface area contributed by atoms with Crippen molar-refractivity contribution in [3.8, 4) is 5.06 Å². The molecule has 0 aliphatic carbocycles. The van der Waals surface area contributed by atoms with Gasteiger partial charge >= 0.3 is 0 Å². The lowest BCUT2D eigenvalue weighted by molar-refractivity contribution is 0.387. The molecule has 2 heteroatoms. The van der Waals surface area contributed by atoms with Crippen molar-refractivity contribution in [3.05, 3.63) is 23.4 Å². The van der Waals surface area contributed by atoms with Gasteiger partial charge in [0, 0.05) is 5.56 Å². The fraction of sp³-hybridized carbons (Fsp3) is 0.167. The topological polar surface area (TPSA) is 9.23 Å². The van der Waals surface area contributed by atoms with E-state index in [1.165, 1.54) is 0 Å². The molecule has 40 valence electrons. The van der Waals surface area contributed by atoms with Crippen molar-refractivity contribution in [3.63, 3.8) is 0 Å². The zero-order valence-electron chi connectivity index (χ0n) is 4.18. The fourth-order valence-corrected chi connectivity index (χ4v) is 1.44. The Balaban J connectivity index is 2.54. The summed E-state index contributed by atoms with van der Waals surface area (Å²) in [6.45, 7) is 0.641. The van der Waals surface area contributed by atoms with Crippen LogP contribution in [0.5, 0.6) is 5.06 Å². The molecule has 0 unspecified atom stereocenters. The molecule has 0 bridgehead atoms. The molecule has 2 rings (SSSR count). The number of hydrogen-bond donors (Lipinski definition) is 0. The Morgan fingerprint density at radius 2 is 2.75 bits per heavy atom. The van der Waals surface area contributed by atoms with Crippen LogP contribution in [-0.2, 0) is 0 Å². The average molecular weight is 124 g/mol. The number of thiophene rings is 1. The summed E-state index contributed by atoms with van der Waals surface area (Å²) in [4.78, 5) is 0. The molecule has 2 radical (unpaired) electrons. The molecular formula is C6H4OS. The Morgan fingerprint density at radius 3 is 3.62 bits per heavy atom. The van der Waals surface area contributed by atoms with E-state index in [4.69, 9.17) is 4.74 Å². The maximum absolute atomic E-state index is 5.15. The minimum atomic E-state index is 0.641. The second-order valence-corrected chi connectivity index (χ2v) is 2.47. The van der Waals surface area contributed by atoms with Crippen molar-refractivity contribution < 1.29 is 4.74 Å². The lowest BCUT2D eigenvalue weighted by Crippen LogP contribution is -1.83. The molecule has 1 aromatic heterocycles. The van der Waals surface area contributed by atoms with Gasteiger partial charge in [0.25, 0.3) is 0 Å². The molecule has 1 aromatic rings. The van der Waals surface area contributed by atoms with Gasteiger partial charge in [-0.1, -0.05) is 0 Å². The van der Waals surface area contributed by atoms with Gasteiger partial charge in [-0.15, -0.1) is 11.3 Å². The lowest BCUT2D eigenvalue weighted by atomic mass is 10.3. The van der Waals surface area contributed by atoms with E-state index in [0.29, 0.717) is 6.61 Å². The summed E-state index contributed by atoms with van der Waals surface area (Å²) < 4.78 is 5.15. The third-order valence-electron chi connectivity index (χ3n) is 1.10. The maximum Gasteiger partial charge on any atom is 0.177 e. The normalized spacial score (nSPS) is 15.5. The Morgan fingerprint density at radius 1 is 1.75 bits per heavy atom. The summed E-state index contributed by atoms with van der Waals surface area (Å²) in [6, 6.07) is 2.02. The first-order chi connectivity index (χ1) is 3.97. The molecule has 1 nitrogen and oxygen atoms in total. The summed E-state index contributed by atoms with van der Waals surface area (Å²) in [6.07, 6.45) is 3.07. The van der Waals surface area contributed by atoms with E-state index in [1.807, 2.05) is 11.4 Å². The van der Waals surface area contributed by atoms with E-state index >= 15 is 0 Å². The lowest BCUT2D eigenvalue weighted by Gasteiger charge is -1.86. The van der Waals surface area contributed by atoms with E-state index in [2.05, 4.69) is 6.42 Å². The molecule has 1 aliphatic rings. The number of ether oxygens (including phenoxy) is 1. The molecule has 0 amide bonds. The van der Waals surface area contributed by atoms with Crippen LogP contribution in [0.4, 0.5) is 0 Å². The zero-order chi connectivity index (χ0) is 5.40. The second kappa shape index (κ2) is 1.49. The van der Waals surface area contributed by atoms with Gasteiger partial charge < -0.3 is 4.74 Å². The summed E-state index contributed by atoms with van der Waals surface area (Å²) in [5.74, 6) is 0. The van der Waals surface area contributed by atoms with Crippen LogP contribution in [0.2, 0.25) is 0 Å². The number of rotatable bonds is 0. The van der Waals surface area contributed by atoms with Crippen molar-refractivity contribution in [2.45, 2.75) is 0 Å². The van der Waals surface area contributed by atoms with E-state index < -0.39 is 0 Å². The predicted molar refractivity (Wildman–Crippen MR) is 32.2 cm³/mol. The van der Waals surface area contributed by atoms with Gasteiger partial charge in [0.1, 0.15) is 6.61 Å². The van der Waals surface area contributed by atoms with E-state index in [9.17, 15) is 0 Å². The highest BCUT2D eigenvalue weighted by Crippen LogP contribution is 2.31. The van der Waals surface area contributed by atoms with Gasteiger partial charge in [-0.2, -0.15) is 0 Å². The third-order valence-corrected chi connectivity index (χ3v) is 1.92. The standard InChI is InChI=1S/C6H4OS/c1-3-7-6-5(1)2-4-8-6/h2,4H,3H2. The molecule has 0 N–H and O–H groups in total. The molecule has 8 heavy (non-hydrogen) atoms. The first-order valence-corrected chi connectivity index (χ1v) is 3.29. The zero-order valence-corrected chi connectivity index (χ0v) is 4.99. The van der Waals surface area contributed by atoms with E-state index in [-0.39, 0.29) is 0 Å². The number of hydrogen-bond acceptors (Lipinski definition) is 2. The highest BCUT2D eigenvalue weighted by molar-refractivity contribution is 7.12. The quantitative estimate of drug-likeness (QED) is 0.510. The van der Waals surface area contributed by atoms with Crippen molar-refractivity contribution in [1.82, 2.24) is 0 Å². The van der Waals surface area contributed by atoms with Crippen LogP contribution in [-0.4, -0.2) is 6.61 Å². The monoisotopic (exact) mass is 124 g/mol. The highest BCUT2D eigenvalue weighted by atomic mass is 32.1. The first-order valence-electron chi connectivity index (χ1n) is 2.41. The van der Waals surface area contributed by atoms with Crippen LogP contribution < -0.4 is 4.74 Å². The fourth-order valence-electron chi connectivity index (χ4n) is 0.718. The van der Waals surface area contributed by atoms with Crippen LogP contribution in [0.3, 0.4) is 0 Å². The highest BCUT2D eigenvalue weighted by Gasteiger charge is 2.12. The molecule has 0 atom stereocenters. The third kappa shape index (κ3) is 0.464. The summed E-state index contributed by atoms with van der Waals surface area (Å²) >= 11 is 1.63. The molecule has 0 fully saturated rings.